The van der Waals surface area contributed by atoms with Crippen LogP contribution in [0.1, 0.15) is 21.5 Å². The number of halogens is 1. The van der Waals surface area contributed by atoms with Gasteiger partial charge in [0.25, 0.3) is 5.91 Å². The predicted octanol–water partition coefficient (Wildman–Crippen LogP) is 3.76. The van der Waals surface area contributed by atoms with E-state index < -0.39 is 0 Å². The highest BCUT2D eigenvalue weighted by Gasteiger charge is 2.17. The molecule has 0 radical (unpaired) electrons. The lowest BCUT2D eigenvalue weighted by atomic mass is 10.1. The number of amides is 1. The average Bonchev–Trinajstić information content (AvgIpc) is 3.07. The van der Waals surface area contributed by atoms with Crippen molar-refractivity contribution in [3.63, 3.8) is 0 Å². The van der Waals surface area contributed by atoms with Gasteiger partial charge in [-0.05, 0) is 25.0 Å². The molecular weight excluding hydrogens is 307 g/mol. The Labute approximate surface area is 139 Å². The molecule has 0 unspecified atom stereocenters. The van der Waals surface area contributed by atoms with E-state index in [1.54, 1.807) is 18.2 Å². The number of hydrogen-bond donors (Lipinski definition) is 1. The van der Waals surface area contributed by atoms with E-state index in [4.69, 9.17) is 4.52 Å². The zero-order chi connectivity index (χ0) is 16.9. The van der Waals surface area contributed by atoms with E-state index in [-0.39, 0.29) is 11.7 Å². The zero-order valence-electron chi connectivity index (χ0n) is 13.3. The highest BCUT2D eigenvalue weighted by Crippen LogP contribution is 2.23. The van der Waals surface area contributed by atoms with Gasteiger partial charge in [0.05, 0.1) is 6.20 Å². The number of carbonyl (C=O) groups is 1. The molecule has 0 atom stereocenters. The third-order valence-corrected chi connectivity index (χ3v) is 3.77. The van der Waals surface area contributed by atoms with Gasteiger partial charge in [0.2, 0.25) is 0 Å². The first kappa shape index (κ1) is 15.9. The van der Waals surface area contributed by atoms with Crippen LogP contribution < -0.4 is 5.32 Å². The van der Waals surface area contributed by atoms with E-state index >= 15 is 0 Å². The first-order valence-corrected chi connectivity index (χ1v) is 7.68. The number of nitrogens with zero attached hydrogens (tertiary/aromatic N) is 1. The van der Waals surface area contributed by atoms with E-state index in [0.29, 0.717) is 29.9 Å². The Morgan fingerprint density at radius 3 is 2.67 bits per heavy atom. The second kappa shape index (κ2) is 7.08. The van der Waals surface area contributed by atoms with Crippen LogP contribution in [0.2, 0.25) is 0 Å². The van der Waals surface area contributed by atoms with Gasteiger partial charge in [0, 0.05) is 12.1 Å². The number of rotatable bonds is 5. The molecule has 0 saturated heterocycles. The van der Waals surface area contributed by atoms with Crippen molar-refractivity contribution in [1.82, 2.24) is 10.5 Å². The van der Waals surface area contributed by atoms with Gasteiger partial charge in [-0.3, -0.25) is 4.79 Å². The molecule has 1 heterocycles. The van der Waals surface area contributed by atoms with Crippen molar-refractivity contribution < 1.29 is 13.7 Å². The van der Waals surface area contributed by atoms with Crippen molar-refractivity contribution in [2.45, 2.75) is 13.3 Å². The quantitative estimate of drug-likeness (QED) is 0.777. The first-order valence-electron chi connectivity index (χ1n) is 7.68. The van der Waals surface area contributed by atoms with Gasteiger partial charge in [-0.1, -0.05) is 53.2 Å². The second-order valence-corrected chi connectivity index (χ2v) is 5.53. The minimum absolute atomic E-state index is 0.267. The third-order valence-electron chi connectivity index (χ3n) is 3.77. The summed E-state index contributed by atoms with van der Waals surface area (Å²) < 4.78 is 18.8. The molecule has 5 heteroatoms. The van der Waals surface area contributed by atoms with Gasteiger partial charge in [-0.2, -0.15) is 0 Å². The summed E-state index contributed by atoms with van der Waals surface area (Å²) in [5.41, 5.74) is 2.85. The molecule has 0 saturated carbocycles. The summed E-state index contributed by atoms with van der Waals surface area (Å²) in [6.45, 7) is 2.32. The zero-order valence-corrected chi connectivity index (χ0v) is 13.3. The topological polar surface area (TPSA) is 55.1 Å². The van der Waals surface area contributed by atoms with E-state index in [1.165, 1.54) is 12.3 Å². The molecule has 0 aliphatic carbocycles. The summed E-state index contributed by atoms with van der Waals surface area (Å²) in [4.78, 5) is 12.3. The number of nitrogens with one attached hydrogen (secondary N) is 1. The smallest absolute Gasteiger partial charge is 0.256 e. The fourth-order valence-electron chi connectivity index (χ4n) is 2.42. The Kier molecular flexibility index (Phi) is 4.70. The highest BCUT2D eigenvalue weighted by molar-refractivity contribution is 5.99. The molecular formula is C19H17FN2O2. The molecule has 3 rings (SSSR count). The summed E-state index contributed by atoms with van der Waals surface area (Å²) in [6.07, 6.45) is 1.82. The molecule has 4 nitrogen and oxygen atoms in total. The predicted molar refractivity (Wildman–Crippen MR) is 89.1 cm³/mol. The largest absolute Gasteiger partial charge is 0.355 e. The van der Waals surface area contributed by atoms with Crippen LogP contribution in [0.15, 0.2) is 59.3 Å². The van der Waals surface area contributed by atoms with Gasteiger partial charge in [0.15, 0.2) is 5.76 Å². The Bertz CT molecular complexity index is 841. The maximum absolute atomic E-state index is 13.6. The van der Waals surface area contributed by atoms with E-state index in [0.717, 1.165) is 11.1 Å². The maximum Gasteiger partial charge on any atom is 0.256 e. The monoisotopic (exact) mass is 324 g/mol. The van der Waals surface area contributed by atoms with Gasteiger partial charge in [-0.25, -0.2) is 4.39 Å². The fraction of sp³-hybridized carbons (Fsp3) is 0.158. The molecule has 1 aromatic heterocycles. The summed E-state index contributed by atoms with van der Waals surface area (Å²) in [6, 6.07) is 14.2. The number of benzene rings is 2. The highest BCUT2D eigenvalue weighted by atomic mass is 19.1. The van der Waals surface area contributed by atoms with Crippen LogP contribution in [0.25, 0.3) is 11.3 Å². The molecule has 24 heavy (non-hydrogen) atoms. The molecule has 3 aromatic rings. The second-order valence-electron chi connectivity index (χ2n) is 5.53. The van der Waals surface area contributed by atoms with Crippen LogP contribution in [0.5, 0.6) is 0 Å². The molecule has 122 valence electrons. The van der Waals surface area contributed by atoms with Crippen LogP contribution in [-0.4, -0.2) is 17.6 Å². The summed E-state index contributed by atoms with van der Waals surface area (Å²) in [7, 11) is 0. The minimum Gasteiger partial charge on any atom is -0.355 e. The van der Waals surface area contributed by atoms with Crippen molar-refractivity contribution in [3.8, 4) is 11.3 Å². The van der Waals surface area contributed by atoms with Crippen molar-refractivity contribution in [2.75, 3.05) is 6.54 Å². The van der Waals surface area contributed by atoms with Crippen molar-refractivity contribution in [1.29, 1.82) is 0 Å². The Morgan fingerprint density at radius 2 is 1.92 bits per heavy atom. The van der Waals surface area contributed by atoms with Crippen LogP contribution in [-0.2, 0) is 6.42 Å². The number of hydrogen-bond acceptors (Lipinski definition) is 3. The third kappa shape index (κ3) is 3.51. The lowest BCUT2D eigenvalue weighted by Gasteiger charge is -2.06. The molecule has 0 fully saturated rings. The standard InChI is InChI=1S/C19H17FN2O2/c1-13-6-8-15(9-7-13)18-16(12-22-24-18)19(23)21-11-10-14-4-2-3-5-17(14)20/h2-9,12H,10-11H2,1H3,(H,21,23). The van der Waals surface area contributed by atoms with E-state index in [1.807, 2.05) is 31.2 Å². The molecule has 2 aromatic carbocycles. The number of aromatic nitrogens is 1. The Morgan fingerprint density at radius 1 is 1.17 bits per heavy atom. The van der Waals surface area contributed by atoms with Gasteiger partial charge in [-0.15, -0.1) is 0 Å². The summed E-state index contributed by atoms with van der Waals surface area (Å²) in [5, 5.41) is 6.50. The van der Waals surface area contributed by atoms with E-state index in [9.17, 15) is 9.18 Å². The van der Waals surface area contributed by atoms with Crippen LogP contribution >= 0.6 is 0 Å². The molecule has 0 spiro atoms. The number of carbonyl (C=O) groups excluding carboxylic acids is 1. The molecule has 1 N–H and O–H groups in total. The first-order chi connectivity index (χ1) is 11.6. The van der Waals surface area contributed by atoms with Crippen molar-refractivity contribution in [3.05, 3.63) is 77.2 Å². The fourth-order valence-corrected chi connectivity index (χ4v) is 2.42. The van der Waals surface area contributed by atoms with Gasteiger partial charge in [0.1, 0.15) is 11.4 Å². The van der Waals surface area contributed by atoms with Crippen LogP contribution in [0, 0.1) is 12.7 Å². The molecule has 0 bridgehead atoms. The SMILES string of the molecule is Cc1ccc(-c2oncc2C(=O)NCCc2ccccc2F)cc1. The number of aryl methyl sites for hydroxylation is 1. The molecule has 0 aliphatic rings. The average molecular weight is 324 g/mol. The molecule has 1 amide bonds. The van der Waals surface area contributed by atoms with Crippen molar-refractivity contribution in [2.24, 2.45) is 0 Å². The molecule has 0 aliphatic heterocycles. The van der Waals surface area contributed by atoms with Gasteiger partial charge >= 0.3 is 0 Å². The van der Waals surface area contributed by atoms with E-state index in [2.05, 4.69) is 10.5 Å². The van der Waals surface area contributed by atoms with Gasteiger partial charge < -0.3 is 9.84 Å². The minimum atomic E-state index is -0.289. The summed E-state index contributed by atoms with van der Waals surface area (Å²) >= 11 is 0. The van der Waals surface area contributed by atoms with Crippen LogP contribution in [0.3, 0.4) is 0 Å². The Hall–Kier alpha value is -2.95. The normalized spacial score (nSPS) is 10.6. The Balaban J connectivity index is 1.67. The van der Waals surface area contributed by atoms with Crippen molar-refractivity contribution >= 4 is 5.91 Å². The summed E-state index contributed by atoms with van der Waals surface area (Å²) in [5.74, 6) is -0.126. The lowest BCUT2D eigenvalue weighted by Crippen LogP contribution is -2.26. The maximum atomic E-state index is 13.6. The lowest BCUT2D eigenvalue weighted by molar-refractivity contribution is 0.0954. The van der Waals surface area contributed by atoms with Crippen LogP contribution in [0.4, 0.5) is 4.39 Å².